The van der Waals surface area contributed by atoms with Gasteiger partial charge in [0.25, 0.3) is 11.8 Å². The average molecular weight is 477 g/mol. The molecule has 0 atom stereocenters. The van der Waals surface area contributed by atoms with E-state index >= 15 is 0 Å². The van der Waals surface area contributed by atoms with Gasteiger partial charge in [-0.15, -0.1) is 0 Å². The van der Waals surface area contributed by atoms with Crippen molar-refractivity contribution < 1.29 is 19.2 Å². The van der Waals surface area contributed by atoms with Crippen LogP contribution >= 0.6 is 0 Å². The Morgan fingerprint density at radius 3 is 2.34 bits per heavy atom. The highest BCUT2D eigenvalue weighted by Gasteiger charge is 2.35. The fourth-order valence-corrected chi connectivity index (χ4v) is 4.71. The number of nitrogens with one attached hydrogen (secondary N) is 1. The Balaban J connectivity index is 1.18. The number of hydrogen-bond donors (Lipinski definition) is 2. The summed E-state index contributed by atoms with van der Waals surface area (Å²) in [4.78, 5) is 52.3. The zero-order valence-corrected chi connectivity index (χ0v) is 20.1. The van der Waals surface area contributed by atoms with Crippen molar-refractivity contribution in [2.75, 3.05) is 31.5 Å². The number of nitrogens with zero attached hydrogens (tertiary/aromatic N) is 2. The molecule has 3 N–H and O–H groups in total. The topological polar surface area (TPSA) is 113 Å². The van der Waals surface area contributed by atoms with Crippen molar-refractivity contribution in [2.24, 2.45) is 11.7 Å². The molecule has 0 spiro atoms. The predicted molar refractivity (Wildman–Crippen MR) is 133 cm³/mol. The van der Waals surface area contributed by atoms with E-state index < -0.39 is 0 Å². The molecular formula is C27H32N4O4. The third-order valence-corrected chi connectivity index (χ3v) is 6.86. The summed E-state index contributed by atoms with van der Waals surface area (Å²) in [6, 6.07) is 13.0. The average Bonchev–Trinajstić information content (AvgIpc) is 3.08. The molecule has 1 fully saturated rings. The summed E-state index contributed by atoms with van der Waals surface area (Å²) in [5.74, 6) is -0.922. The summed E-state index contributed by atoms with van der Waals surface area (Å²) in [7, 11) is 0. The van der Waals surface area contributed by atoms with Crippen LogP contribution in [0.4, 0.5) is 5.69 Å². The van der Waals surface area contributed by atoms with Crippen molar-refractivity contribution in [1.29, 1.82) is 0 Å². The standard InChI is InChI=1S/C27H32N4O4/c1-18-4-9-22-23(17-18)27(35)31(26(22)34)13-2-3-24(32)29-21-7-5-19(6-8-21)10-14-30-15-11-20(12-16-30)25(28)33/h4-9,17,20H,2-3,10-16H2,1H3,(H2,28,33)(H,29,32). The number of amides is 4. The second kappa shape index (κ2) is 10.8. The van der Waals surface area contributed by atoms with Gasteiger partial charge in [0.15, 0.2) is 0 Å². The fourth-order valence-electron chi connectivity index (χ4n) is 4.71. The van der Waals surface area contributed by atoms with E-state index in [9.17, 15) is 19.2 Å². The van der Waals surface area contributed by atoms with Crippen molar-refractivity contribution in [3.63, 3.8) is 0 Å². The Hall–Kier alpha value is -3.52. The quantitative estimate of drug-likeness (QED) is 0.541. The van der Waals surface area contributed by atoms with Gasteiger partial charge in [-0.2, -0.15) is 0 Å². The van der Waals surface area contributed by atoms with Crippen molar-refractivity contribution in [3.8, 4) is 0 Å². The van der Waals surface area contributed by atoms with Crippen LogP contribution in [0.3, 0.4) is 0 Å². The zero-order valence-electron chi connectivity index (χ0n) is 20.1. The molecule has 35 heavy (non-hydrogen) atoms. The molecule has 2 aliphatic rings. The molecule has 4 rings (SSSR count). The molecule has 4 amide bonds. The van der Waals surface area contributed by atoms with Crippen molar-refractivity contribution in [2.45, 2.75) is 39.0 Å². The molecule has 2 heterocycles. The van der Waals surface area contributed by atoms with Gasteiger partial charge in [0.1, 0.15) is 0 Å². The third-order valence-electron chi connectivity index (χ3n) is 6.86. The largest absolute Gasteiger partial charge is 0.369 e. The Morgan fingerprint density at radius 1 is 0.971 bits per heavy atom. The first-order valence-corrected chi connectivity index (χ1v) is 12.2. The molecule has 184 valence electrons. The minimum absolute atomic E-state index is 0.00559. The number of primary amides is 1. The van der Waals surface area contributed by atoms with E-state index in [1.165, 1.54) is 10.5 Å². The molecule has 0 bridgehead atoms. The molecule has 0 radical (unpaired) electrons. The van der Waals surface area contributed by atoms with Crippen LogP contribution in [0.1, 0.15) is 57.5 Å². The van der Waals surface area contributed by atoms with Gasteiger partial charge < -0.3 is 16.0 Å². The smallest absolute Gasteiger partial charge is 0.261 e. The number of carbonyl (C=O) groups is 4. The Kier molecular flexibility index (Phi) is 7.60. The highest BCUT2D eigenvalue weighted by Crippen LogP contribution is 2.24. The number of imide groups is 1. The number of likely N-dealkylation sites (tertiary alicyclic amines) is 1. The molecule has 1 saturated heterocycles. The first kappa shape index (κ1) is 24.6. The Labute approximate surface area is 205 Å². The molecule has 2 aliphatic heterocycles. The SMILES string of the molecule is Cc1ccc2c(c1)C(=O)N(CCCC(=O)Nc1ccc(CCN3CCC(C(N)=O)CC3)cc1)C2=O. The lowest BCUT2D eigenvalue weighted by Crippen LogP contribution is -2.39. The predicted octanol–water partition coefficient (Wildman–Crippen LogP) is 2.75. The summed E-state index contributed by atoms with van der Waals surface area (Å²) in [6.07, 6.45) is 3.17. The lowest BCUT2D eigenvalue weighted by molar-refractivity contribution is -0.123. The molecule has 0 unspecified atom stereocenters. The second-order valence-corrected chi connectivity index (χ2v) is 9.43. The number of nitrogens with two attached hydrogens (primary N) is 1. The number of hydrogen-bond acceptors (Lipinski definition) is 5. The van der Waals surface area contributed by atoms with Crippen LogP contribution in [0.15, 0.2) is 42.5 Å². The third kappa shape index (κ3) is 5.95. The molecule has 0 saturated carbocycles. The lowest BCUT2D eigenvalue weighted by atomic mass is 9.96. The summed E-state index contributed by atoms with van der Waals surface area (Å²) in [6.45, 7) is 4.81. The van der Waals surface area contributed by atoms with Gasteiger partial charge in [0.2, 0.25) is 11.8 Å². The highest BCUT2D eigenvalue weighted by molar-refractivity contribution is 6.21. The second-order valence-electron chi connectivity index (χ2n) is 9.43. The molecule has 8 nitrogen and oxygen atoms in total. The number of aryl methyl sites for hydroxylation is 1. The monoisotopic (exact) mass is 476 g/mol. The molecule has 0 aliphatic carbocycles. The maximum atomic E-state index is 12.5. The van der Waals surface area contributed by atoms with E-state index in [4.69, 9.17) is 5.73 Å². The first-order chi connectivity index (χ1) is 16.8. The fraction of sp³-hybridized carbons (Fsp3) is 0.407. The maximum Gasteiger partial charge on any atom is 0.261 e. The van der Waals surface area contributed by atoms with E-state index in [0.29, 0.717) is 17.5 Å². The van der Waals surface area contributed by atoms with E-state index in [1.807, 2.05) is 37.3 Å². The van der Waals surface area contributed by atoms with Crippen LogP contribution in [-0.2, 0) is 16.0 Å². The molecule has 2 aromatic carbocycles. The summed E-state index contributed by atoms with van der Waals surface area (Å²) < 4.78 is 0. The molecular weight excluding hydrogens is 444 g/mol. The lowest BCUT2D eigenvalue weighted by Gasteiger charge is -2.30. The summed E-state index contributed by atoms with van der Waals surface area (Å²) in [5.41, 5.74) is 9.10. The van der Waals surface area contributed by atoms with Gasteiger partial charge in [-0.05, 0) is 75.5 Å². The van der Waals surface area contributed by atoms with Crippen molar-refractivity contribution in [1.82, 2.24) is 9.80 Å². The van der Waals surface area contributed by atoms with Gasteiger partial charge >= 0.3 is 0 Å². The minimum atomic E-state index is -0.293. The summed E-state index contributed by atoms with van der Waals surface area (Å²) in [5, 5.41) is 2.88. The van der Waals surface area contributed by atoms with Crippen LogP contribution in [0, 0.1) is 12.8 Å². The van der Waals surface area contributed by atoms with Crippen molar-refractivity contribution >= 4 is 29.3 Å². The molecule has 0 aromatic heterocycles. The number of benzene rings is 2. The van der Waals surface area contributed by atoms with Crippen LogP contribution in [-0.4, -0.2) is 59.6 Å². The van der Waals surface area contributed by atoms with Crippen LogP contribution in [0.5, 0.6) is 0 Å². The van der Waals surface area contributed by atoms with Gasteiger partial charge in [-0.25, -0.2) is 0 Å². The van der Waals surface area contributed by atoms with Crippen molar-refractivity contribution in [3.05, 3.63) is 64.7 Å². The van der Waals surface area contributed by atoms with Gasteiger partial charge in [0.05, 0.1) is 11.1 Å². The Morgan fingerprint density at radius 2 is 1.66 bits per heavy atom. The number of carbonyl (C=O) groups excluding carboxylic acids is 4. The van der Waals surface area contributed by atoms with Gasteiger partial charge in [0, 0.05) is 31.1 Å². The van der Waals surface area contributed by atoms with E-state index in [2.05, 4.69) is 10.2 Å². The normalized spacial score (nSPS) is 16.4. The van der Waals surface area contributed by atoms with Crippen LogP contribution in [0.25, 0.3) is 0 Å². The maximum absolute atomic E-state index is 12.5. The molecule has 2 aromatic rings. The number of fused-ring (bicyclic) bond motifs is 1. The van der Waals surface area contributed by atoms with Crippen LogP contribution in [0.2, 0.25) is 0 Å². The summed E-state index contributed by atoms with van der Waals surface area (Å²) >= 11 is 0. The Bertz CT molecular complexity index is 1120. The zero-order chi connectivity index (χ0) is 24.9. The van der Waals surface area contributed by atoms with E-state index in [1.54, 1.807) is 12.1 Å². The highest BCUT2D eigenvalue weighted by atomic mass is 16.2. The van der Waals surface area contributed by atoms with Crippen LogP contribution < -0.4 is 11.1 Å². The minimum Gasteiger partial charge on any atom is -0.369 e. The molecule has 8 heteroatoms. The van der Waals surface area contributed by atoms with Gasteiger partial charge in [-0.1, -0.05) is 23.8 Å². The number of rotatable bonds is 9. The number of piperidine rings is 1. The van der Waals surface area contributed by atoms with Gasteiger partial charge in [-0.3, -0.25) is 24.1 Å². The number of anilines is 1. The van der Waals surface area contributed by atoms with E-state index in [-0.39, 0.29) is 42.5 Å². The first-order valence-electron chi connectivity index (χ1n) is 12.2. The van der Waals surface area contributed by atoms with E-state index in [0.717, 1.165) is 50.1 Å².